The second kappa shape index (κ2) is 6.29. The normalized spacial score (nSPS) is 28.0. The van der Waals surface area contributed by atoms with E-state index < -0.39 is 0 Å². The first-order chi connectivity index (χ1) is 9.03. The zero-order valence-electron chi connectivity index (χ0n) is 12.3. The van der Waals surface area contributed by atoms with Crippen molar-refractivity contribution in [2.75, 3.05) is 26.2 Å². The molecule has 0 bridgehead atoms. The molecular weight excluding hydrogens is 252 g/mol. The predicted octanol–water partition coefficient (Wildman–Crippen LogP) is 2.73. The Labute approximate surface area is 121 Å². The molecular formula is C16H26N2S. The van der Waals surface area contributed by atoms with Crippen LogP contribution in [0.3, 0.4) is 0 Å². The summed E-state index contributed by atoms with van der Waals surface area (Å²) in [6, 6.07) is 10.7. The molecule has 19 heavy (non-hydrogen) atoms. The number of hydrogen-bond donors (Lipinski definition) is 1. The van der Waals surface area contributed by atoms with Gasteiger partial charge in [-0.2, -0.15) is 11.8 Å². The van der Waals surface area contributed by atoms with Crippen LogP contribution in [-0.2, 0) is 5.41 Å². The highest BCUT2D eigenvalue weighted by Gasteiger charge is 2.31. The molecule has 106 valence electrons. The summed E-state index contributed by atoms with van der Waals surface area (Å²) in [7, 11) is 0. The van der Waals surface area contributed by atoms with E-state index in [9.17, 15) is 0 Å². The van der Waals surface area contributed by atoms with Crippen LogP contribution in [0.5, 0.6) is 0 Å². The van der Waals surface area contributed by atoms with Gasteiger partial charge in [-0.3, -0.25) is 0 Å². The number of hydrogen-bond acceptors (Lipinski definition) is 3. The van der Waals surface area contributed by atoms with Gasteiger partial charge < -0.3 is 10.6 Å². The van der Waals surface area contributed by atoms with Crippen LogP contribution in [0.1, 0.15) is 26.3 Å². The smallest absolute Gasteiger partial charge is 0.0174 e. The molecule has 1 aliphatic heterocycles. The molecule has 1 aromatic rings. The average Bonchev–Trinajstić information content (AvgIpc) is 2.38. The Morgan fingerprint density at radius 2 is 1.79 bits per heavy atom. The van der Waals surface area contributed by atoms with Crippen LogP contribution in [-0.4, -0.2) is 41.6 Å². The third kappa shape index (κ3) is 3.74. The molecule has 1 saturated heterocycles. The van der Waals surface area contributed by atoms with Crippen LogP contribution in [0.4, 0.5) is 0 Å². The monoisotopic (exact) mass is 278 g/mol. The highest BCUT2D eigenvalue weighted by molar-refractivity contribution is 8.00. The van der Waals surface area contributed by atoms with E-state index in [1.54, 1.807) is 0 Å². The lowest BCUT2D eigenvalue weighted by atomic mass is 9.82. The number of nitrogens with zero attached hydrogens (tertiary/aromatic N) is 1. The Hall–Kier alpha value is -0.510. The quantitative estimate of drug-likeness (QED) is 0.918. The summed E-state index contributed by atoms with van der Waals surface area (Å²) in [5, 5.41) is 1.45. The van der Waals surface area contributed by atoms with E-state index in [-0.39, 0.29) is 5.41 Å². The standard InChI is InChI=1S/C16H26N2S/c1-13-9-18(10-14(2)19-13)12-16(3,11-17)15-7-5-4-6-8-15/h4-8,13-14H,9-12,17H2,1-3H3. The summed E-state index contributed by atoms with van der Waals surface area (Å²) in [6.07, 6.45) is 0. The minimum Gasteiger partial charge on any atom is -0.330 e. The molecule has 0 aliphatic carbocycles. The van der Waals surface area contributed by atoms with E-state index in [2.05, 4.69) is 67.8 Å². The van der Waals surface area contributed by atoms with Crippen molar-refractivity contribution in [1.82, 2.24) is 4.90 Å². The minimum atomic E-state index is 0.0582. The lowest BCUT2D eigenvalue weighted by Gasteiger charge is -2.40. The van der Waals surface area contributed by atoms with Crippen molar-refractivity contribution in [1.29, 1.82) is 0 Å². The second-order valence-electron chi connectivity index (χ2n) is 6.08. The predicted molar refractivity (Wildman–Crippen MR) is 85.8 cm³/mol. The number of rotatable bonds is 4. The summed E-state index contributed by atoms with van der Waals surface area (Å²) < 4.78 is 0. The summed E-state index contributed by atoms with van der Waals surface area (Å²) in [5.74, 6) is 0. The van der Waals surface area contributed by atoms with Crippen molar-refractivity contribution in [3.05, 3.63) is 35.9 Å². The van der Waals surface area contributed by atoms with Crippen LogP contribution in [0.15, 0.2) is 30.3 Å². The van der Waals surface area contributed by atoms with Gasteiger partial charge in [0.25, 0.3) is 0 Å². The van der Waals surface area contributed by atoms with Crippen molar-refractivity contribution in [3.63, 3.8) is 0 Å². The Morgan fingerprint density at radius 3 is 2.32 bits per heavy atom. The highest BCUT2D eigenvalue weighted by Crippen LogP contribution is 2.29. The van der Waals surface area contributed by atoms with Crippen molar-refractivity contribution < 1.29 is 0 Å². The van der Waals surface area contributed by atoms with Gasteiger partial charge in [-0.1, -0.05) is 51.1 Å². The Balaban J connectivity index is 2.10. The molecule has 2 rings (SSSR count). The van der Waals surface area contributed by atoms with Crippen molar-refractivity contribution >= 4 is 11.8 Å². The number of benzene rings is 1. The minimum absolute atomic E-state index is 0.0582. The van der Waals surface area contributed by atoms with E-state index in [4.69, 9.17) is 5.73 Å². The fourth-order valence-electron chi connectivity index (χ4n) is 3.02. The molecule has 3 unspecified atom stereocenters. The van der Waals surface area contributed by atoms with E-state index >= 15 is 0 Å². The molecule has 3 atom stereocenters. The van der Waals surface area contributed by atoms with Gasteiger partial charge in [0.1, 0.15) is 0 Å². The highest BCUT2D eigenvalue weighted by atomic mass is 32.2. The molecule has 1 fully saturated rings. The summed E-state index contributed by atoms with van der Waals surface area (Å²) in [5.41, 5.74) is 7.51. The van der Waals surface area contributed by atoms with Gasteiger partial charge in [0.2, 0.25) is 0 Å². The maximum absolute atomic E-state index is 6.09. The third-order valence-electron chi connectivity index (χ3n) is 3.99. The molecule has 0 radical (unpaired) electrons. The van der Waals surface area contributed by atoms with Gasteiger partial charge >= 0.3 is 0 Å². The van der Waals surface area contributed by atoms with Crippen molar-refractivity contribution in [2.24, 2.45) is 5.73 Å². The first-order valence-corrected chi connectivity index (χ1v) is 8.11. The van der Waals surface area contributed by atoms with Crippen LogP contribution in [0, 0.1) is 0 Å². The first-order valence-electron chi connectivity index (χ1n) is 7.17. The van der Waals surface area contributed by atoms with Gasteiger partial charge in [0.05, 0.1) is 0 Å². The van der Waals surface area contributed by atoms with Crippen molar-refractivity contribution in [2.45, 2.75) is 36.7 Å². The molecule has 0 aromatic heterocycles. The molecule has 3 heteroatoms. The summed E-state index contributed by atoms with van der Waals surface area (Å²) in [6.45, 7) is 11.1. The van der Waals surface area contributed by atoms with Crippen LogP contribution >= 0.6 is 11.8 Å². The zero-order valence-corrected chi connectivity index (χ0v) is 13.1. The Kier molecular flexibility index (Phi) is 4.93. The van der Waals surface area contributed by atoms with Gasteiger partial charge in [0.15, 0.2) is 0 Å². The second-order valence-corrected chi connectivity index (χ2v) is 7.96. The molecule has 2 nitrogen and oxygen atoms in total. The third-order valence-corrected chi connectivity index (χ3v) is 5.22. The molecule has 1 heterocycles. The zero-order chi connectivity index (χ0) is 13.9. The fraction of sp³-hybridized carbons (Fsp3) is 0.625. The molecule has 2 N–H and O–H groups in total. The van der Waals surface area contributed by atoms with Crippen molar-refractivity contribution in [3.8, 4) is 0 Å². The van der Waals surface area contributed by atoms with Crippen LogP contribution in [0.25, 0.3) is 0 Å². The summed E-state index contributed by atoms with van der Waals surface area (Å²) in [4.78, 5) is 2.59. The maximum Gasteiger partial charge on any atom is 0.0174 e. The average molecular weight is 278 g/mol. The topological polar surface area (TPSA) is 29.3 Å². The van der Waals surface area contributed by atoms with Gasteiger partial charge in [-0.15, -0.1) is 0 Å². The number of thioether (sulfide) groups is 1. The largest absolute Gasteiger partial charge is 0.330 e. The molecule has 0 spiro atoms. The van der Waals surface area contributed by atoms with Gasteiger partial charge in [-0.25, -0.2) is 0 Å². The van der Waals surface area contributed by atoms with E-state index in [1.165, 1.54) is 18.7 Å². The Morgan fingerprint density at radius 1 is 1.21 bits per heavy atom. The van der Waals surface area contributed by atoms with Gasteiger partial charge in [-0.05, 0) is 5.56 Å². The van der Waals surface area contributed by atoms with E-state index in [0.717, 1.165) is 17.0 Å². The molecule has 1 aromatic carbocycles. The fourth-order valence-corrected chi connectivity index (χ4v) is 4.41. The molecule has 0 amide bonds. The maximum atomic E-state index is 6.09. The lowest BCUT2D eigenvalue weighted by Crippen LogP contribution is -2.49. The van der Waals surface area contributed by atoms with E-state index in [1.807, 2.05) is 0 Å². The summed E-state index contributed by atoms with van der Waals surface area (Å²) >= 11 is 2.10. The first kappa shape index (κ1) is 14.9. The SMILES string of the molecule is CC1CN(CC(C)(CN)c2ccccc2)CC(C)S1. The lowest BCUT2D eigenvalue weighted by molar-refractivity contribution is 0.215. The molecule has 0 saturated carbocycles. The van der Waals surface area contributed by atoms with Crippen LogP contribution < -0.4 is 5.73 Å². The Bertz CT molecular complexity index is 385. The van der Waals surface area contributed by atoms with Crippen LogP contribution in [0.2, 0.25) is 0 Å². The van der Waals surface area contributed by atoms with Gasteiger partial charge in [0, 0.05) is 42.1 Å². The molecule has 1 aliphatic rings. The van der Waals surface area contributed by atoms with E-state index in [0.29, 0.717) is 6.54 Å². The number of nitrogens with two attached hydrogens (primary N) is 1.